The zero-order valence-electron chi connectivity index (χ0n) is 11.3. The molecule has 0 aliphatic rings. The number of benzene rings is 1. The number of aromatic nitrogens is 1. The summed E-state index contributed by atoms with van der Waals surface area (Å²) < 4.78 is 37.1. The molecule has 0 unspecified atom stereocenters. The van der Waals surface area contributed by atoms with E-state index < -0.39 is 11.9 Å². The molecule has 0 aliphatic carbocycles. The van der Waals surface area contributed by atoms with Gasteiger partial charge in [0, 0.05) is 12.7 Å². The predicted molar refractivity (Wildman–Crippen MR) is 76.7 cm³/mol. The Morgan fingerprint density at radius 2 is 1.91 bits per heavy atom. The van der Waals surface area contributed by atoms with Gasteiger partial charge in [-0.3, -0.25) is 9.78 Å². The molecule has 116 valence electrons. The molecule has 2 aromatic rings. The van der Waals surface area contributed by atoms with E-state index in [1.165, 1.54) is 6.07 Å². The lowest BCUT2D eigenvalue weighted by Gasteiger charge is -2.08. The molecule has 2 rings (SSSR count). The first-order valence-electron chi connectivity index (χ1n) is 6.43. The minimum Gasteiger partial charge on any atom is -0.352 e. The largest absolute Gasteiger partial charge is 0.433 e. The van der Waals surface area contributed by atoms with Crippen LogP contribution in [0.5, 0.6) is 0 Å². The summed E-state index contributed by atoms with van der Waals surface area (Å²) >= 11 is 5.90. The summed E-state index contributed by atoms with van der Waals surface area (Å²) in [6.07, 6.45) is -2.91. The summed E-state index contributed by atoms with van der Waals surface area (Å²) in [4.78, 5) is 15.2. The van der Waals surface area contributed by atoms with Gasteiger partial charge in [0.2, 0.25) is 0 Å². The monoisotopic (exact) mass is 328 g/mol. The van der Waals surface area contributed by atoms with Crippen molar-refractivity contribution in [3.05, 3.63) is 64.4 Å². The quantitative estimate of drug-likeness (QED) is 0.929. The van der Waals surface area contributed by atoms with E-state index in [1.54, 1.807) is 24.3 Å². The molecule has 3 nitrogen and oxygen atoms in total. The molecule has 1 amide bonds. The van der Waals surface area contributed by atoms with E-state index in [1.807, 2.05) is 0 Å². The maximum atomic E-state index is 12.4. The first kappa shape index (κ1) is 16.3. The first-order valence-corrected chi connectivity index (χ1v) is 6.80. The third-order valence-corrected chi connectivity index (χ3v) is 3.26. The van der Waals surface area contributed by atoms with Gasteiger partial charge in [0.1, 0.15) is 5.69 Å². The van der Waals surface area contributed by atoms with Crippen LogP contribution in [-0.2, 0) is 12.6 Å². The molecule has 22 heavy (non-hydrogen) atoms. The molecule has 0 radical (unpaired) electrons. The van der Waals surface area contributed by atoms with Crippen molar-refractivity contribution in [3.63, 3.8) is 0 Å². The van der Waals surface area contributed by atoms with Gasteiger partial charge in [-0.2, -0.15) is 13.2 Å². The Balaban J connectivity index is 1.89. The van der Waals surface area contributed by atoms with E-state index in [-0.39, 0.29) is 12.5 Å². The number of nitrogens with one attached hydrogen (secondary N) is 1. The summed E-state index contributed by atoms with van der Waals surface area (Å²) in [5.74, 6) is -0.328. The Morgan fingerprint density at radius 1 is 1.18 bits per heavy atom. The molecular formula is C15H12ClF3N2O. The van der Waals surface area contributed by atoms with Crippen LogP contribution in [0, 0.1) is 0 Å². The lowest BCUT2D eigenvalue weighted by atomic mass is 10.2. The van der Waals surface area contributed by atoms with Crippen molar-refractivity contribution in [2.24, 2.45) is 0 Å². The first-order chi connectivity index (χ1) is 10.4. The van der Waals surface area contributed by atoms with Crippen molar-refractivity contribution < 1.29 is 18.0 Å². The zero-order chi connectivity index (χ0) is 16.2. The molecule has 1 aromatic heterocycles. The van der Waals surface area contributed by atoms with E-state index in [0.717, 1.165) is 12.3 Å². The maximum absolute atomic E-state index is 12.4. The average Bonchev–Trinajstić information content (AvgIpc) is 2.47. The number of amides is 1. The van der Waals surface area contributed by atoms with Crippen molar-refractivity contribution in [1.82, 2.24) is 10.3 Å². The van der Waals surface area contributed by atoms with Gasteiger partial charge < -0.3 is 5.32 Å². The van der Waals surface area contributed by atoms with Crippen molar-refractivity contribution in [1.29, 1.82) is 0 Å². The lowest BCUT2D eigenvalue weighted by Crippen LogP contribution is -2.26. The number of rotatable bonds is 4. The normalized spacial score (nSPS) is 11.3. The third kappa shape index (κ3) is 4.21. The van der Waals surface area contributed by atoms with E-state index in [4.69, 9.17) is 11.6 Å². The Morgan fingerprint density at radius 3 is 2.50 bits per heavy atom. The van der Waals surface area contributed by atoms with E-state index >= 15 is 0 Å². The molecule has 0 atom stereocenters. The highest BCUT2D eigenvalue weighted by Gasteiger charge is 2.31. The molecule has 7 heteroatoms. The number of alkyl halides is 3. The topological polar surface area (TPSA) is 42.0 Å². The van der Waals surface area contributed by atoms with Crippen molar-refractivity contribution in [3.8, 4) is 0 Å². The number of carbonyl (C=O) groups excluding carboxylic acids is 1. The molecule has 0 bridgehead atoms. The highest BCUT2D eigenvalue weighted by Crippen LogP contribution is 2.27. The summed E-state index contributed by atoms with van der Waals surface area (Å²) in [5, 5.41) is 3.00. The summed E-state index contributed by atoms with van der Waals surface area (Å²) in [7, 11) is 0. The molecular weight excluding hydrogens is 317 g/mol. The standard InChI is InChI=1S/C15H12ClF3N2O/c16-12-4-2-1-3-11(12)14(22)20-8-7-10-5-6-13(21-9-10)15(17,18)19/h1-6,9H,7-8H2,(H,20,22). The molecule has 0 spiro atoms. The minimum absolute atomic E-state index is 0.275. The van der Waals surface area contributed by atoms with E-state index in [9.17, 15) is 18.0 Å². The molecule has 1 N–H and O–H groups in total. The molecule has 1 heterocycles. The number of hydrogen-bond donors (Lipinski definition) is 1. The van der Waals surface area contributed by atoms with Crippen LogP contribution in [0.2, 0.25) is 5.02 Å². The maximum Gasteiger partial charge on any atom is 0.433 e. The van der Waals surface area contributed by atoms with Crippen LogP contribution in [-0.4, -0.2) is 17.4 Å². The van der Waals surface area contributed by atoms with Crippen LogP contribution in [0.15, 0.2) is 42.6 Å². The van der Waals surface area contributed by atoms with Gasteiger partial charge in [0.15, 0.2) is 0 Å². The third-order valence-electron chi connectivity index (χ3n) is 2.93. The molecule has 0 saturated carbocycles. The fourth-order valence-corrected chi connectivity index (χ4v) is 2.02. The Labute approximate surface area is 130 Å². The highest BCUT2D eigenvalue weighted by atomic mass is 35.5. The van der Waals surface area contributed by atoms with Crippen LogP contribution in [0.3, 0.4) is 0 Å². The van der Waals surface area contributed by atoms with E-state index in [2.05, 4.69) is 10.3 Å². The van der Waals surface area contributed by atoms with Crippen LogP contribution in [0.25, 0.3) is 0 Å². The second-order valence-corrected chi connectivity index (χ2v) is 4.94. The second kappa shape index (κ2) is 6.79. The summed E-state index contributed by atoms with van der Waals surface area (Å²) in [6, 6.07) is 8.88. The Hall–Kier alpha value is -2.08. The van der Waals surface area contributed by atoms with Gasteiger partial charge in [0.05, 0.1) is 10.6 Å². The van der Waals surface area contributed by atoms with Gasteiger partial charge >= 0.3 is 6.18 Å². The second-order valence-electron chi connectivity index (χ2n) is 4.54. The lowest BCUT2D eigenvalue weighted by molar-refractivity contribution is -0.141. The molecule has 1 aromatic carbocycles. The average molecular weight is 329 g/mol. The smallest absolute Gasteiger partial charge is 0.352 e. The zero-order valence-corrected chi connectivity index (χ0v) is 12.1. The van der Waals surface area contributed by atoms with Crippen LogP contribution in [0.4, 0.5) is 13.2 Å². The van der Waals surface area contributed by atoms with E-state index in [0.29, 0.717) is 22.6 Å². The highest BCUT2D eigenvalue weighted by molar-refractivity contribution is 6.33. The minimum atomic E-state index is -4.45. The van der Waals surface area contributed by atoms with Gasteiger partial charge in [-0.15, -0.1) is 0 Å². The Bertz CT molecular complexity index is 657. The van der Waals surface area contributed by atoms with Crippen LogP contribution >= 0.6 is 11.6 Å². The van der Waals surface area contributed by atoms with Crippen molar-refractivity contribution in [2.75, 3.05) is 6.54 Å². The fourth-order valence-electron chi connectivity index (χ4n) is 1.80. The molecule has 0 fully saturated rings. The SMILES string of the molecule is O=C(NCCc1ccc(C(F)(F)F)nc1)c1ccccc1Cl. The molecule has 0 saturated heterocycles. The number of hydrogen-bond acceptors (Lipinski definition) is 2. The Kier molecular flexibility index (Phi) is 5.03. The summed E-state index contributed by atoms with van der Waals surface area (Å²) in [6.45, 7) is 0.275. The van der Waals surface area contributed by atoms with Crippen LogP contribution in [0.1, 0.15) is 21.6 Å². The number of pyridine rings is 1. The predicted octanol–water partition coefficient (Wildman–Crippen LogP) is 3.73. The number of carbonyl (C=O) groups is 1. The van der Waals surface area contributed by atoms with Gasteiger partial charge in [-0.25, -0.2) is 0 Å². The van der Waals surface area contributed by atoms with Gasteiger partial charge in [-0.05, 0) is 30.2 Å². The number of halogens is 4. The van der Waals surface area contributed by atoms with Crippen molar-refractivity contribution in [2.45, 2.75) is 12.6 Å². The van der Waals surface area contributed by atoms with Crippen molar-refractivity contribution >= 4 is 17.5 Å². The van der Waals surface area contributed by atoms with Crippen LogP contribution < -0.4 is 5.32 Å². The van der Waals surface area contributed by atoms with Gasteiger partial charge in [0.25, 0.3) is 5.91 Å². The fraction of sp³-hybridized carbons (Fsp3) is 0.200. The number of nitrogens with zero attached hydrogens (tertiary/aromatic N) is 1. The van der Waals surface area contributed by atoms with Gasteiger partial charge in [-0.1, -0.05) is 29.8 Å². The molecule has 0 aliphatic heterocycles. The summed E-state index contributed by atoms with van der Waals surface area (Å²) in [5.41, 5.74) is 0.0264.